The SMILES string of the molecule is O=C(NCc1ccc(CBr)cc1)c1cc2c(s1)CCSC2. The molecule has 1 amide bonds. The van der Waals surface area contributed by atoms with Gasteiger partial charge >= 0.3 is 0 Å². The van der Waals surface area contributed by atoms with E-state index in [1.165, 1.54) is 21.8 Å². The lowest BCUT2D eigenvalue weighted by Crippen LogP contribution is -2.21. The number of thioether (sulfide) groups is 1. The average molecular weight is 382 g/mol. The van der Waals surface area contributed by atoms with E-state index in [0.717, 1.165) is 27.9 Å². The van der Waals surface area contributed by atoms with E-state index in [1.54, 1.807) is 11.3 Å². The second-order valence-electron chi connectivity index (χ2n) is 4.99. The predicted octanol–water partition coefficient (Wildman–Crippen LogP) is 4.36. The van der Waals surface area contributed by atoms with E-state index in [1.807, 2.05) is 11.8 Å². The quantitative estimate of drug-likeness (QED) is 0.796. The number of hydrogen-bond acceptors (Lipinski definition) is 3. The van der Waals surface area contributed by atoms with Crippen LogP contribution in [0.3, 0.4) is 0 Å². The summed E-state index contributed by atoms with van der Waals surface area (Å²) in [4.78, 5) is 14.5. The minimum Gasteiger partial charge on any atom is -0.347 e. The van der Waals surface area contributed by atoms with Crippen molar-refractivity contribution in [2.75, 3.05) is 5.75 Å². The molecule has 2 nitrogen and oxygen atoms in total. The van der Waals surface area contributed by atoms with Crippen LogP contribution < -0.4 is 5.32 Å². The lowest BCUT2D eigenvalue weighted by Gasteiger charge is -2.08. The van der Waals surface area contributed by atoms with Gasteiger partial charge in [0, 0.05) is 22.5 Å². The van der Waals surface area contributed by atoms with Crippen LogP contribution in [0.2, 0.25) is 0 Å². The summed E-state index contributed by atoms with van der Waals surface area (Å²) < 4.78 is 0. The zero-order chi connectivity index (χ0) is 14.7. The fourth-order valence-electron chi connectivity index (χ4n) is 2.27. The molecule has 1 aliphatic heterocycles. The number of alkyl halides is 1. The Morgan fingerprint density at radius 1 is 1.24 bits per heavy atom. The third-order valence-corrected chi connectivity index (χ3v) is 6.37. The zero-order valence-electron chi connectivity index (χ0n) is 11.5. The van der Waals surface area contributed by atoms with Gasteiger partial charge in [-0.15, -0.1) is 11.3 Å². The molecule has 21 heavy (non-hydrogen) atoms. The molecule has 5 heteroatoms. The molecule has 1 aromatic carbocycles. The number of aryl methyl sites for hydroxylation is 1. The first-order valence-electron chi connectivity index (χ1n) is 6.87. The molecule has 2 heterocycles. The number of nitrogens with one attached hydrogen (secondary N) is 1. The van der Waals surface area contributed by atoms with Gasteiger partial charge in [-0.3, -0.25) is 4.79 Å². The fourth-order valence-corrected chi connectivity index (χ4v) is 4.94. The van der Waals surface area contributed by atoms with Gasteiger partial charge in [0.2, 0.25) is 0 Å². The van der Waals surface area contributed by atoms with Crippen molar-refractivity contribution in [3.63, 3.8) is 0 Å². The maximum atomic E-state index is 12.2. The molecule has 0 bridgehead atoms. The third-order valence-electron chi connectivity index (χ3n) is 3.48. The smallest absolute Gasteiger partial charge is 0.261 e. The Morgan fingerprint density at radius 2 is 2.00 bits per heavy atom. The Kier molecular flexibility index (Phi) is 5.03. The van der Waals surface area contributed by atoms with Crippen molar-refractivity contribution in [2.45, 2.75) is 24.0 Å². The molecule has 0 atom stereocenters. The van der Waals surface area contributed by atoms with Crippen LogP contribution >= 0.6 is 39.0 Å². The van der Waals surface area contributed by atoms with E-state index in [2.05, 4.69) is 51.6 Å². The number of amides is 1. The van der Waals surface area contributed by atoms with Gasteiger partial charge in [-0.2, -0.15) is 11.8 Å². The Bertz CT molecular complexity index is 613. The molecular formula is C16H16BrNOS2. The third kappa shape index (κ3) is 3.71. The average Bonchev–Trinajstić information content (AvgIpc) is 2.97. The molecule has 0 spiro atoms. The van der Waals surface area contributed by atoms with Crippen LogP contribution in [-0.2, 0) is 24.0 Å². The largest absolute Gasteiger partial charge is 0.347 e. The lowest BCUT2D eigenvalue weighted by atomic mass is 10.1. The Labute approximate surface area is 141 Å². The Hall–Kier alpha value is -0.780. The predicted molar refractivity (Wildman–Crippen MR) is 94.4 cm³/mol. The summed E-state index contributed by atoms with van der Waals surface area (Å²) in [7, 11) is 0. The van der Waals surface area contributed by atoms with Gasteiger partial charge in [0.15, 0.2) is 0 Å². The highest BCUT2D eigenvalue weighted by Crippen LogP contribution is 2.31. The van der Waals surface area contributed by atoms with Crippen LogP contribution in [-0.4, -0.2) is 11.7 Å². The van der Waals surface area contributed by atoms with Gasteiger partial charge in [0.25, 0.3) is 5.91 Å². The molecule has 0 unspecified atom stereocenters. The highest BCUT2D eigenvalue weighted by molar-refractivity contribution is 9.08. The van der Waals surface area contributed by atoms with Gasteiger partial charge in [-0.1, -0.05) is 40.2 Å². The van der Waals surface area contributed by atoms with Crippen molar-refractivity contribution in [1.82, 2.24) is 5.32 Å². The summed E-state index contributed by atoms with van der Waals surface area (Å²) in [6, 6.07) is 10.4. The van der Waals surface area contributed by atoms with Gasteiger partial charge in [-0.05, 0) is 34.9 Å². The van der Waals surface area contributed by atoms with Crippen LogP contribution in [0.1, 0.15) is 31.2 Å². The van der Waals surface area contributed by atoms with E-state index in [-0.39, 0.29) is 5.91 Å². The Morgan fingerprint density at radius 3 is 2.71 bits per heavy atom. The van der Waals surface area contributed by atoms with Gasteiger partial charge in [0.05, 0.1) is 4.88 Å². The molecule has 0 fully saturated rings. The van der Waals surface area contributed by atoms with E-state index in [9.17, 15) is 4.79 Å². The molecule has 0 radical (unpaired) electrons. The Balaban J connectivity index is 1.61. The summed E-state index contributed by atoms with van der Waals surface area (Å²) in [6.45, 7) is 0.582. The summed E-state index contributed by atoms with van der Waals surface area (Å²) in [6.07, 6.45) is 1.10. The maximum absolute atomic E-state index is 12.2. The van der Waals surface area contributed by atoms with E-state index < -0.39 is 0 Å². The molecule has 2 aromatic rings. The summed E-state index contributed by atoms with van der Waals surface area (Å²) in [5.74, 6) is 2.27. The van der Waals surface area contributed by atoms with Crippen LogP contribution in [0.4, 0.5) is 0 Å². The first-order chi connectivity index (χ1) is 10.3. The van der Waals surface area contributed by atoms with E-state index >= 15 is 0 Å². The topological polar surface area (TPSA) is 29.1 Å². The standard InChI is InChI=1S/C16H16BrNOS2/c17-8-11-1-3-12(4-2-11)9-18-16(19)15-7-13-10-20-6-5-14(13)21-15/h1-4,7H,5-6,8-10H2,(H,18,19). The number of benzene rings is 1. The first-order valence-corrected chi connectivity index (χ1v) is 9.97. The minimum absolute atomic E-state index is 0.0453. The van der Waals surface area contributed by atoms with Crippen LogP contribution in [0.15, 0.2) is 30.3 Å². The molecular weight excluding hydrogens is 366 g/mol. The second-order valence-corrected chi connectivity index (χ2v) is 7.80. The zero-order valence-corrected chi connectivity index (χ0v) is 14.7. The van der Waals surface area contributed by atoms with Crippen LogP contribution in [0.5, 0.6) is 0 Å². The van der Waals surface area contributed by atoms with Gasteiger partial charge < -0.3 is 5.32 Å². The molecule has 0 saturated carbocycles. The van der Waals surface area contributed by atoms with Crippen LogP contribution in [0, 0.1) is 0 Å². The molecule has 1 aromatic heterocycles. The number of thiophene rings is 1. The minimum atomic E-state index is 0.0453. The number of fused-ring (bicyclic) bond motifs is 1. The fraction of sp³-hybridized carbons (Fsp3) is 0.312. The summed E-state index contributed by atoms with van der Waals surface area (Å²) in [5.41, 5.74) is 3.72. The molecule has 1 N–H and O–H groups in total. The normalized spacial score (nSPS) is 13.8. The van der Waals surface area contributed by atoms with E-state index in [0.29, 0.717) is 6.54 Å². The lowest BCUT2D eigenvalue weighted by molar-refractivity contribution is 0.0955. The van der Waals surface area contributed by atoms with Crippen LogP contribution in [0.25, 0.3) is 0 Å². The summed E-state index contributed by atoms with van der Waals surface area (Å²) in [5, 5.41) is 3.87. The molecule has 3 rings (SSSR count). The van der Waals surface area contributed by atoms with Crippen molar-refractivity contribution >= 4 is 44.9 Å². The van der Waals surface area contributed by atoms with Gasteiger partial charge in [-0.25, -0.2) is 0 Å². The number of rotatable bonds is 4. The number of hydrogen-bond donors (Lipinski definition) is 1. The van der Waals surface area contributed by atoms with Crippen molar-refractivity contribution < 1.29 is 4.79 Å². The number of halogens is 1. The monoisotopic (exact) mass is 381 g/mol. The second kappa shape index (κ2) is 6.99. The van der Waals surface area contributed by atoms with Gasteiger partial charge in [0.1, 0.15) is 0 Å². The summed E-state index contributed by atoms with van der Waals surface area (Å²) >= 11 is 7.03. The number of carbonyl (C=O) groups excluding carboxylic acids is 1. The first kappa shape index (κ1) is 15.1. The van der Waals surface area contributed by atoms with Crippen molar-refractivity contribution in [2.24, 2.45) is 0 Å². The maximum Gasteiger partial charge on any atom is 0.261 e. The molecule has 1 aliphatic rings. The van der Waals surface area contributed by atoms with Crippen molar-refractivity contribution in [3.8, 4) is 0 Å². The molecule has 0 saturated heterocycles. The molecule has 0 aliphatic carbocycles. The van der Waals surface area contributed by atoms with Crippen molar-refractivity contribution in [1.29, 1.82) is 0 Å². The molecule has 110 valence electrons. The highest BCUT2D eigenvalue weighted by atomic mass is 79.9. The van der Waals surface area contributed by atoms with E-state index in [4.69, 9.17) is 0 Å². The number of carbonyl (C=O) groups is 1. The van der Waals surface area contributed by atoms with Crippen molar-refractivity contribution in [3.05, 3.63) is 56.8 Å². The highest BCUT2D eigenvalue weighted by Gasteiger charge is 2.17.